The summed E-state index contributed by atoms with van der Waals surface area (Å²) in [7, 11) is 0. The Balaban J connectivity index is 2.32. The summed E-state index contributed by atoms with van der Waals surface area (Å²) in [5, 5.41) is 0. The lowest BCUT2D eigenvalue weighted by molar-refractivity contribution is 0.242. The van der Waals surface area contributed by atoms with Gasteiger partial charge in [-0.1, -0.05) is 36.4 Å². The zero-order valence-electron chi connectivity index (χ0n) is 12.7. The highest BCUT2D eigenvalue weighted by atomic mass is 16.5. The third-order valence-electron chi connectivity index (χ3n) is 3.53. The predicted octanol–water partition coefficient (Wildman–Crippen LogP) is 4.00. The number of ether oxygens (including phenoxy) is 1. The van der Waals surface area contributed by atoms with Crippen molar-refractivity contribution in [2.24, 2.45) is 5.73 Å². The number of aryl methyl sites for hydroxylation is 1. The van der Waals surface area contributed by atoms with Crippen LogP contribution in [0.1, 0.15) is 37.5 Å². The molecule has 106 valence electrons. The molecule has 2 aromatic rings. The minimum absolute atomic E-state index is 0.182. The quantitative estimate of drug-likeness (QED) is 0.910. The maximum atomic E-state index is 6.57. The molecule has 0 aliphatic rings. The van der Waals surface area contributed by atoms with Gasteiger partial charge in [0, 0.05) is 0 Å². The molecular formula is C18H23NO. The summed E-state index contributed by atoms with van der Waals surface area (Å²) in [6.45, 7) is 8.19. The van der Waals surface area contributed by atoms with Gasteiger partial charge in [-0.25, -0.2) is 0 Å². The van der Waals surface area contributed by atoms with E-state index in [9.17, 15) is 0 Å². The first-order valence-electron chi connectivity index (χ1n) is 7.03. The lowest BCUT2D eigenvalue weighted by Gasteiger charge is -2.28. The van der Waals surface area contributed by atoms with E-state index in [0.29, 0.717) is 0 Å². The monoisotopic (exact) mass is 269 g/mol. The molecule has 0 spiro atoms. The van der Waals surface area contributed by atoms with Gasteiger partial charge in [0.25, 0.3) is 0 Å². The van der Waals surface area contributed by atoms with Gasteiger partial charge in [-0.15, -0.1) is 0 Å². The van der Waals surface area contributed by atoms with Crippen molar-refractivity contribution in [2.75, 3.05) is 0 Å². The summed E-state index contributed by atoms with van der Waals surface area (Å²) in [5.41, 5.74) is 9.52. The van der Waals surface area contributed by atoms with E-state index in [0.717, 1.165) is 16.9 Å². The van der Waals surface area contributed by atoms with Crippen molar-refractivity contribution in [2.45, 2.75) is 39.3 Å². The first-order chi connectivity index (χ1) is 9.41. The zero-order valence-corrected chi connectivity index (χ0v) is 12.7. The van der Waals surface area contributed by atoms with Gasteiger partial charge >= 0.3 is 0 Å². The Hall–Kier alpha value is -1.80. The van der Waals surface area contributed by atoms with Crippen molar-refractivity contribution in [3.8, 4) is 5.75 Å². The molecule has 2 rings (SSSR count). The Morgan fingerprint density at radius 1 is 1.00 bits per heavy atom. The summed E-state index contributed by atoms with van der Waals surface area (Å²) in [5.74, 6) is 0.879. The molecule has 0 aliphatic carbocycles. The van der Waals surface area contributed by atoms with Crippen molar-refractivity contribution in [1.29, 1.82) is 0 Å². The van der Waals surface area contributed by atoms with Crippen molar-refractivity contribution in [3.05, 3.63) is 65.2 Å². The van der Waals surface area contributed by atoms with Gasteiger partial charge in [-0.05, 0) is 56.5 Å². The normalized spacial score (nSPS) is 14.1. The van der Waals surface area contributed by atoms with E-state index in [4.69, 9.17) is 10.5 Å². The molecule has 20 heavy (non-hydrogen) atoms. The number of hydrogen-bond donors (Lipinski definition) is 1. The van der Waals surface area contributed by atoms with Crippen LogP contribution in [-0.2, 0) is 5.54 Å². The van der Waals surface area contributed by atoms with Gasteiger partial charge in [0.05, 0.1) is 11.6 Å². The van der Waals surface area contributed by atoms with Gasteiger partial charge in [-0.3, -0.25) is 0 Å². The molecule has 0 saturated heterocycles. The lowest BCUT2D eigenvalue weighted by atomic mass is 9.83. The van der Waals surface area contributed by atoms with E-state index < -0.39 is 5.54 Å². The highest BCUT2D eigenvalue weighted by Gasteiger charge is 2.25. The summed E-state index contributed by atoms with van der Waals surface area (Å²) in [6.07, 6.45) is 0.182. The van der Waals surface area contributed by atoms with Crippen LogP contribution in [0.3, 0.4) is 0 Å². The Labute approximate surface area is 121 Å². The minimum Gasteiger partial charge on any atom is -0.491 e. The van der Waals surface area contributed by atoms with Gasteiger partial charge < -0.3 is 10.5 Å². The van der Waals surface area contributed by atoms with E-state index in [1.54, 1.807) is 0 Å². The average molecular weight is 269 g/mol. The van der Waals surface area contributed by atoms with Gasteiger partial charge in [0.2, 0.25) is 0 Å². The van der Waals surface area contributed by atoms with Gasteiger partial charge in [0.1, 0.15) is 5.75 Å². The van der Waals surface area contributed by atoms with Crippen molar-refractivity contribution in [1.82, 2.24) is 0 Å². The minimum atomic E-state index is -0.498. The van der Waals surface area contributed by atoms with Crippen LogP contribution in [0.4, 0.5) is 0 Å². The Morgan fingerprint density at radius 3 is 2.15 bits per heavy atom. The molecule has 2 nitrogen and oxygen atoms in total. The third kappa shape index (κ3) is 3.02. The van der Waals surface area contributed by atoms with Gasteiger partial charge in [-0.2, -0.15) is 0 Å². The molecule has 2 heteroatoms. The number of rotatable bonds is 4. The third-order valence-corrected chi connectivity index (χ3v) is 3.53. The van der Waals surface area contributed by atoms with Crippen LogP contribution in [0, 0.1) is 6.92 Å². The highest BCUT2D eigenvalue weighted by molar-refractivity contribution is 5.42. The van der Waals surface area contributed by atoms with Crippen LogP contribution in [0.15, 0.2) is 48.5 Å². The van der Waals surface area contributed by atoms with E-state index in [1.807, 2.05) is 57.2 Å². The molecule has 0 bridgehead atoms. The maximum absolute atomic E-state index is 6.57. The summed E-state index contributed by atoms with van der Waals surface area (Å²) in [6, 6.07) is 16.3. The van der Waals surface area contributed by atoms with Gasteiger partial charge in [0.15, 0.2) is 0 Å². The smallest absolute Gasteiger partial charge is 0.119 e. The molecule has 0 aliphatic heterocycles. The summed E-state index contributed by atoms with van der Waals surface area (Å²) in [4.78, 5) is 0. The predicted molar refractivity (Wildman–Crippen MR) is 84.0 cm³/mol. The molecule has 2 aromatic carbocycles. The summed E-state index contributed by atoms with van der Waals surface area (Å²) < 4.78 is 5.67. The van der Waals surface area contributed by atoms with E-state index >= 15 is 0 Å². The molecule has 1 unspecified atom stereocenters. The average Bonchev–Trinajstić information content (AvgIpc) is 2.39. The number of nitrogens with two attached hydrogens (primary N) is 1. The molecule has 0 aromatic heterocycles. The number of benzene rings is 2. The largest absolute Gasteiger partial charge is 0.491 e. The second-order valence-electron chi connectivity index (χ2n) is 5.71. The summed E-state index contributed by atoms with van der Waals surface area (Å²) >= 11 is 0. The van der Waals surface area contributed by atoms with E-state index in [-0.39, 0.29) is 6.10 Å². The van der Waals surface area contributed by atoms with Crippen LogP contribution in [0.25, 0.3) is 0 Å². The van der Waals surface area contributed by atoms with Crippen LogP contribution >= 0.6 is 0 Å². The fourth-order valence-corrected chi connectivity index (χ4v) is 2.46. The first kappa shape index (κ1) is 14.6. The SMILES string of the molecule is Cc1ccccc1C(C)(N)c1ccc(OC(C)C)cc1. The Morgan fingerprint density at radius 2 is 1.60 bits per heavy atom. The molecule has 0 saturated carbocycles. The molecular weight excluding hydrogens is 246 g/mol. The van der Waals surface area contributed by atoms with E-state index in [1.165, 1.54) is 5.56 Å². The van der Waals surface area contributed by atoms with Crippen LogP contribution in [-0.4, -0.2) is 6.10 Å². The molecule has 0 fully saturated rings. The standard InChI is InChI=1S/C18H23NO/c1-13(2)20-16-11-9-15(10-12-16)18(4,19)17-8-6-5-7-14(17)3/h5-13H,19H2,1-4H3. The van der Waals surface area contributed by atoms with Crippen LogP contribution < -0.4 is 10.5 Å². The number of hydrogen-bond acceptors (Lipinski definition) is 2. The molecule has 0 heterocycles. The highest BCUT2D eigenvalue weighted by Crippen LogP contribution is 2.30. The van der Waals surface area contributed by atoms with Crippen molar-refractivity contribution < 1.29 is 4.74 Å². The van der Waals surface area contributed by atoms with Crippen LogP contribution in [0.5, 0.6) is 5.75 Å². The second-order valence-corrected chi connectivity index (χ2v) is 5.71. The first-order valence-corrected chi connectivity index (χ1v) is 7.03. The van der Waals surface area contributed by atoms with Crippen molar-refractivity contribution in [3.63, 3.8) is 0 Å². The zero-order chi connectivity index (χ0) is 14.8. The molecule has 2 N–H and O–H groups in total. The lowest BCUT2D eigenvalue weighted by Crippen LogP contribution is -2.35. The fourth-order valence-electron chi connectivity index (χ4n) is 2.46. The van der Waals surface area contributed by atoms with Crippen molar-refractivity contribution >= 4 is 0 Å². The fraction of sp³-hybridized carbons (Fsp3) is 0.333. The Kier molecular flexibility index (Phi) is 4.15. The molecule has 1 atom stereocenters. The van der Waals surface area contributed by atoms with Crippen LogP contribution in [0.2, 0.25) is 0 Å². The molecule has 0 amide bonds. The topological polar surface area (TPSA) is 35.2 Å². The second kappa shape index (κ2) is 5.68. The maximum Gasteiger partial charge on any atom is 0.119 e. The molecule has 0 radical (unpaired) electrons. The van der Waals surface area contributed by atoms with E-state index in [2.05, 4.69) is 19.1 Å². The Bertz CT molecular complexity index is 570.